The summed E-state index contributed by atoms with van der Waals surface area (Å²) < 4.78 is 0. The van der Waals surface area contributed by atoms with E-state index >= 15 is 0 Å². The Morgan fingerprint density at radius 2 is 1.54 bits per heavy atom. The van der Waals surface area contributed by atoms with Crippen molar-refractivity contribution in [3.05, 3.63) is 58.3 Å². The second-order valence-corrected chi connectivity index (χ2v) is 5.64. The normalized spacial score (nSPS) is 12.6. The lowest BCUT2D eigenvalue weighted by Gasteiger charge is -1.94. The van der Waals surface area contributed by atoms with Gasteiger partial charge in [0.25, 0.3) is 0 Å². The van der Waals surface area contributed by atoms with E-state index in [0.717, 1.165) is 25.5 Å². The molecule has 0 amide bonds. The molecule has 0 aliphatic rings. The number of carbonyl (C=O) groups excluding carboxylic acids is 1. The molecule has 0 bridgehead atoms. The van der Waals surface area contributed by atoms with Crippen LogP contribution in [0.4, 0.5) is 0 Å². The fourth-order valence-corrected chi connectivity index (χ4v) is 2.08. The second-order valence-electron chi connectivity index (χ2n) is 5.64. The average molecular weight is 333 g/mol. The maximum absolute atomic E-state index is 10.9. The van der Waals surface area contributed by atoms with E-state index in [9.17, 15) is 14.9 Å². The van der Waals surface area contributed by atoms with E-state index in [1.165, 1.54) is 19.3 Å². The van der Waals surface area contributed by atoms with Crippen molar-refractivity contribution in [2.75, 3.05) is 0 Å². The van der Waals surface area contributed by atoms with Crippen LogP contribution in [0.5, 0.6) is 0 Å². The quantitative estimate of drug-likeness (QED) is 0.123. The van der Waals surface area contributed by atoms with Gasteiger partial charge in [0.1, 0.15) is 6.29 Å². The summed E-state index contributed by atoms with van der Waals surface area (Å²) in [6, 6.07) is 0. The number of hydrogen-bond acceptors (Lipinski definition) is 3. The summed E-state index contributed by atoms with van der Waals surface area (Å²) >= 11 is 0. The Balaban J connectivity index is 3.89. The average Bonchev–Trinajstić information content (AvgIpc) is 2.57. The molecule has 0 spiro atoms. The first-order valence-corrected chi connectivity index (χ1v) is 8.94. The molecule has 134 valence electrons. The molecule has 0 aliphatic heterocycles. The number of aldehydes is 1. The van der Waals surface area contributed by atoms with Crippen molar-refractivity contribution in [1.82, 2.24) is 0 Å². The van der Waals surface area contributed by atoms with Crippen LogP contribution in [0.25, 0.3) is 0 Å². The van der Waals surface area contributed by atoms with Crippen molar-refractivity contribution in [3.8, 4) is 0 Å². The smallest absolute Gasteiger partial charge is 0.246 e. The van der Waals surface area contributed by atoms with Gasteiger partial charge in [0, 0.05) is 6.42 Å². The summed E-state index contributed by atoms with van der Waals surface area (Å²) in [6.07, 6.45) is 23.6. The van der Waals surface area contributed by atoms with Crippen molar-refractivity contribution in [2.45, 2.75) is 71.1 Å². The van der Waals surface area contributed by atoms with E-state index in [2.05, 4.69) is 31.2 Å². The number of nitro groups is 1. The minimum atomic E-state index is -0.343. The van der Waals surface area contributed by atoms with E-state index in [0.29, 0.717) is 25.7 Å². The fraction of sp³-hybridized carbons (Fsp3) is 0.550. The molecule has 0 aromatic carbocycles. The molecule has 4 nitrogen and oxygen atoms in total. The molecule has 0 atom stereocenters. The lowest BCUT2D eigenvalue weighted by atomic mass is 10.2. The van der Waals surface area contributed by atoms with Crippen LogP contribution in [0.1, 0.15) is 71.1 Å². The highest BCUT2D eigenvalue weighted by molar-refractivity contribution is 5.49. The third-order valence-corrected chi connectivity index (χ3v) is 3.49. The molecule has 24 heavy (non-hydrogen) atoms. The van der Waals surface area contributed by atoms with E-state index in [1.807, 2.05) is 12.2 Å². The summed E-state index contributed by atoms with van der Waals surface area (Å²) in [5.74, 6) is 0. The molecule has 4 heteroatoms. The van der Waals surface area contributed by atoms with Crippen LogP contribution in [0, 0.1) is 10.1 Å². The van der Waals surface area contributed by atoms with Crippen molar-refractivity contribution in [2.24, 2.45) is 0 Å². The first-order valence-electron chi connectivity index (χ1n) is 8.94. The number of nitrogens with zero attached hydrogens (tertiary/aromatic N) is 1. The first kappa shape index (κ1) is 22.0. The Morgan fingerprint density at radius 3 is 2.17 bits per heavy atom. The molecule has 0 aromatic rings. The van der Waals surface area contributed by atoms with Gasteiger partial charge in [0.2, 0.25) is 5.70 Å². The zero-order valence-corrected chi connectivity index (χ0v) is 14.9. The Kier molecular flexibility index (Phi) is 16.0. The summed E-state index contributed by atoms with van der Waals surface area (Å²) in [5, 5.41) is 10.9. The van der Waals surface area contributed by atoms with Crippen molar-refractivity contribution in [1.29, 1.82) is 0 Å². The largest absolute Gasteiger partial charge is 0.303 e. The Labute approximate surface area is 146 Å². The predicted octanol–water partition coefficient (Wildman–Crippen LogP) is 5.94. The van der Waals surface area contributed by atoms with E-state index in [-0.39, 0.29) is 10.6 Å². The molecule has 0 N–H and O–H groups in total. The van der Waals surface area contributed by atoms with Crippen LogP contribution < -0.4 is 0 Å². The van der Waals surface area contributed by atoms with Crippen LogP contribution in [-0.4, -0.2) is 11.2 Å². The van der Waals surface area contributed by atoms with Gasteiger partial charge in [-0.1, -0.05) is 56.2 Å². The van der Waals surface area contributed by atoms with Gasteiger partial charge >= 0.3 is 0 Å². The molecule has 0 aromatic heterocycles. The van der Waals surface area contributed by atoms with Crippen LogP contribution in [0.2, 0.25) is 0 Å². The zero-order valence-electron chi connectivity index (χ0n) is 14.9. The number of allylic oxidation sites excluding steroid dienone is 7. The van der Waals surface area contributed by atoms with Gasteiger partial charge in [-0.25, -0.2) is 0 Å². The lowest BCUT2D eigenvalue weighted by molar-refractivity contribution is -0.427. The van der Waals surface area contributed by atoms with Gasteiger partial charge in [-0.2, -0.15) is 0 Å². The molecule has 0 rings (SSSR count). The minimum Gasteiger partial charge on any atom is -0.303 e. The van der Waals surface area contributed by atoms with Crippen molar-refractivity contribution in [3.63, 3.8) is 0 Å². The van der Waals surface area contributed by atoms with Crippen molar-refractivity contribution < 1.29 is 9.72 Å². The molecule has 0 fully saturated rings. The van der Waals surface area contributed by atoms with E-state index in [1.54, 1.807) is 6.08 Å². The lowest BCUT2D eigenvalue weighted by Crippen LogP contribution is -1.97. The number of rotatable bonds is 15. The van der Waals surface area contributed by atoms with Gasteiger partial charge in [-0.05, 0) is 44.6 Å². The van der Waals surface area contributed by atoms with Gasteiger partial charge in [-0.15, -0.1) is 0 Å². The molecular formula is C20H31NO3. The van der Waals surface area contributed by atoms with Crippen molar-refractivity contribution >= 4 is 6.29 Å². The van der Waals surface area contributed by atoms with Crippen LogP contribution in [0.3, 0.4) is 0 Å². The van der Waals surface area contributed by atoms with Gasteiger partial charge in [0.05, 0.1) is 11.3 Å². The van der Waals surface area contributed by atoms with Crippen LogP contribution in [0.15, 0.2) is 48.2 Å². The van der Waals surface area contributed by atoms with Gasteiger partial charge in [0.15, 0.2) is 0 Å². The summed E-state index contributed by atoms with van der Waals surface area (Å²) in [4.78, 5) is 20.8. The Morgan fingerprint density at radius 1 is 0.875 bits per heavy atom. The molecule has 0 saturated heterocycles. The molecule has 0 aliphatic carbocycles. The standard InChI is InChI=1S/C20H31NO3/c1-2-3-4-5-6-7-8-9-10-11-12-14-17-20(21(23)24)18-15-13-16-19-22/h6-7,9-10,12,14,18-19H,2-5,8,11,13,15-17H2,1H3/b7-6+,10-9+,14-12+,20-18-. The summed E-state index contributed by atoms with van der Waals surface area (Å²) in [6.45, 7) is 2.21. The molecule has 0 unspecified atom stereocenters. The Bertz CT molecular complexity index is 448. The number of hydrogen-bond donors (Lipinski definition) is 0. The number of carbonyl (C=O) groups is 1. The monoisotopic (exact) mass is 333 g/mol. The van der Waals surface area contributed by atoms with Gasteiger partial charge in [-0.3, -0.25) is 10.1 Å². The first-order chi connectivity index (χ1) is 11.7. The fourth-order valence-electron chi connectivity index (χ4n) is 2.08. The summed E-state index contributed by atoms with van der Waals surface area (Å²) in [5.41, 5.74) is 0.205. The molecule has 0 heterocycles. The maximum Gasteiger partial charge on any atom is 0.246 e. The third kappa shape index (κ3) is 14.9. The van der Waals surface area contributed by atoms with E-state index in [4.69, 9.17) is 0 Å². The van der Waals surface area contributed by atoms with E-state index < -0.39 is 0 Å². The molecule has 0 saturated carbocycles. The van der Waals surface area contributed by atoms with Crippen LogP contribution in [-0.2, 0) is 4.79 Å². The zero-order chi connectivity index (χ0) is 17.9. The minimum absolute atomic E-state index is 0.205. The third-order valence-electron chi connectivity index (χ3n) is 3.49. The van der Waals surface area contributed by atoms with Crippen LogP contribution >= 0.6 is 0 Å². The topological polar surface area (TPSA) is 60.2 Å². The Hall–Kier alpha value is -1.97. The summed E-state index contributed by atoms with van der Waals surface area (Å²) in [7, 11) is 0. The highest BCUT2D eigenvalue weighted by atomic mass is 16.6. The second kappa shape index (κ2) is 17.4. The number of unbranched alkanes of at least 4 members (excludes halogenated alkanes) is 5. The SMILES string of the molecule is CCCCC/C=C/C/C=C/C/C=C/C/C(=C/CCCC=O)[N+](=O)[O-]. The molecular weight excluding hydrogens is 302 g/mol. The highest BCUT2D eigenvalue weighted by Crippen LogP contribution is 2.08. The predicted molar refractivity (Wildman–Crippen MR) is 100 cm³/mol. The van der Waals surface area contributed by atoms with Gasteiger partial charge < -0.3 is 4.79 Å². The highest BCUT2D eigenvalue weighted by Gasteiger charge is 2.06. The molecule has 0 radical (unpaired) electrons. The maximum atomic E-state index is 10.9.